The van der Waals surface area contributed by atoms with Crippen molar-refractivity contribution in [2.75, 3.05) is 6.54 Å². The number of nitrogens with one attached hydrogen (secondary N) is 1. The first-order chi connectivity index (χ1) is 9.72. The summed E-state index contributed by atoms with van der Waals surface area (Å²) >= 11 is 6.52. The van der Waals surface area contributed by atoms with Gasteiger partial charge >= 0.3 is 0 Å². The monoisotopic (exact) mass is 293 g/mol. The zero-order valence-electron chi connectivity index (χ0n) is 12.9. The summed E-state index contributed by atoms with van der Waals surface area (Å²) in [5.74, 6) is 0.740. The van der Waals surface area contributed by atoms with Crippen LogP contribution in [0.2, 0.25) is 5.02 Å². The van der Waals surface area contributed by atoms with Crippen molar-refractivity contribution >= 4 is 11.6 Å². The average molecular weight is 294 g/mol. The standard InChI is InChI=1S/C18H28ClN/c1-3-12-20-18(15-8-6-4-5-7-9-15)16-11-10-14(2)13-17(16)19/h10-11,13,15,18,20H,3-9,12H2,1-2H3. The fourth-order valence-electron chi connectivity index (χ4n) is 3.36. The average Bonchev–Trinajstić information content (AvgIpc) is 2.70. The van der Waals surface area contributed by atoms with Crippen LogP contribution in [0, 0.1) is 12.8 Å². The second-order valence-electron chi connectivity index (χ2n) is 6.21. The predicted octanol–water partition coefficient (Wildman–Crippen LogP) is 5.66. The predicted molar refractivity (Wildman–Crippen MR) is 88.4 cm³/mol. The molecule has 0 aromatic heterocycles. The van der Waals surface area contributed by atoms with Crippen molar-refractivity contribution in [1.29, 1.82) is 0 Å². The summed E-state index contributed by atoms with van der Waals surface area (Å²) in [4.78, 5) is 0. The van der Waals surface area contributed by atoms with E-state index < -0.39 is 0 Å². The highest BCUT2D eigenvalue weighted by molar-refractivity contribution is 6.31. The quantitative estimate of drug-likeness (QED) is 0.691. The number of hydrogen-bond donors (Lipinski definition) is 1. The van der Waals surface area contributed by atoms with Gasteiger partial charge in [0.1, 0.15) is 0 Å². The Kier molecular flexibility index (Phi) is 6.38. The Bertz CT molecular complexity index is 408. The van der Waals surface area contributed by atoms with E-state index in [9.17, 15) is 0 Å². The highest BCUT2D eigenvalue weighted by Crippen LogP contribution is 2.36. The highest BCUT2D eigenvalue weighted by atomic mass is 35.5. The van der Waals surface area contributed by atoms with Crippen molar-refractivity contribution in [2.24, 2.45) is 5.92 Å². The highest BCUT2D eigenvalue weighted by Gasteiger charge is 2.25. The largest absolute Gasteiger partial charge is 0.310 e. The molecular formula is C18H28ClN. The van der Waals surface area contributed by atoms with Gasteiger partial charge < -0.3 is 5.32 Å². The number of rotatable bonds is 5. The summed E-state index contributed by atoms with van der Waals surface area (Å²) in [6.45, 7) is 5.41. The molecule has 0 aliphatic heterocycles. The maximum absolute atomic E-state index is 6.52. The molecule has 2 rings (SSSR count). The van der Waals surface area contributed by atoms with Gasteiger partial charge in [0.05, 0.1) is 0 Å². The summed E-state index contributed by atoms with van der Waals surface area (Å²) in [6.07, 6.45) is 9.40. The Hall–Kier alpha value is -0.530. The lowest BCUT2D eigenvalue weighted by Crippen LogP contribution is -2.29. The molecule has 1 aromatic rings. The van der Waals surface area contributed by atoms with Crippen LogP contribution in [0.15, 0.2) is 18.2 Å². The van der Waals surface area contributed by atoms with Crippen LogP contribution in [0.3, 0.4) is 0 Å². The van der Waals surface area contributed by atoms with E-state index in [4.69, 9.17) is 11.6 Å². The molecule has 1 unspecified atom stereocenters. The van der Waals surface area contributed by atoms with Crippen LogP contribution in [-0.2, 0) is 0 Å². The van der Waals surface area contributed by atoms with E-state index in [-0.39, 0.29) is 0 Å². The molecule has 112 valence electrons. The molecule has 0 bridgehead atoms. The van der Waals surface area contributed by atoms with Crippen LogP contribution in [0.4, 0.5) is 0 Å². The SMILES string of the molecule is CCCNC(c1ccc(C)cc1Cl)C1CCCCCC1. The summed E-state index contributed by atoms with van der Waals surface area (Å²) in [6, 6.07) is 6.96. The summed E-state index contributed by atoms with van der Waals surface area (Å²) < 4.78 is 0. The maximum Gasteiger partial charge on any atom is 0.0456 e. The van der Waals surface area contributed by atoms with Crippen LogP contribution in [0.1, 0.15) is 69.0 Å². The van der Waals surface area contributed by atoms with Crippen LogP contribution in [0.25, 0.3) is 0 Å². The normalized spacial score (nSPS) is 18.8. The second-order valence-corrected chi connectivity index (χ2v) is 6.62. The first-order valence-electron chi connectivity index (χ1n) is 8.21. The molecule has 1 fully saturated rings. The molecule has 20 heavy (non-hydrogen) atoms. The van der Waals surface area contributed by atoms with Crippen molar-refractivity contribution < 1.29 is 0 Å². The van der Waals surface area contributed by atoms with Gasteiger partial charge in [-0.1, -0.05) is 56.3 Å². The molecule has 0 radical (unpaired) electrons. The summed E-state index contributed by atoms with van der Waals surface area (Å²) in [5.41, 5.74) is 2.55. The van der Waals surface area contributed by atoms with Crippen molar-refractivity contribution in [2.45, 2.75) is 64.8 Å². The van der Waals surface area contributed by atoms with Crippen LogP contribution >= 0.6 is 11.6 Å². The van der Waals surface area contributed by atoms with Gasteiger partial charge in [-0.05, 0) is 55.8 Å². The first-order valence-corrected chi connectivity index (χ1v) is 8.59. The van der Waals surface area contributed by atoms with E-state index in [1.165, 1.54) is 56.1 Å². The second kappa shape index (κ2) is 8.05. The minimum atomic E-state index is 0.432. The fraction of sp³-hybridized carbons (Fsp3) is 0.667. The van der Waals surface area contributed by atoms with Gasteiger partial charge in [-0.15, -0.1) is 0 Å². The molecule has 1 aliphatic carbocycles. The van der Waals surface area contributed by atoms with Crippen molar-refractivity contribution in [3.05, 3.63) is 34.3 Å². The lowest BCUT2D eigenvalue weighted by Gasteiger charge is -2.28. The molecule has 1 aromatic carbocycles. The zero-order chi connectivity index (χ0) is 14.4. The molecule has 1 atom stereocenters. The van der Waals surface area contributed by atoms with E-state index in [0.717, 1.165) is 17.5 Å². The number of halogens is 1. The topological polar surface area (TPSA) is 12.0 Å². The van der Waals surface area contributed by atoms with Crippen LogP contribution in [0.5, 0.6) is 0 Å². The molecule has 1 nitrogen and oxygen atoms in total. The van der Waals surface area contributed by atoms with Crippen molar-refractivity contribution in [3.63, 3.8) is 0 Å². The van der Waals surface area contributed by atoms with Crippen LogP contribution < -0.4 is 5.32 Å². The van der Waals surface area contributed by atoms with E-state index in [2.05, 4.69) is 37.4 Å². The lowest BCUT2D eigenvalue weighted by atomic mass is 9.86. The Balaban J connectivity index is 2.20. The molecule has 0 amide bonds. The van der Waals surface area contributed by atoms with Gasteiger partial charge in [0.25, 0.3) is 0 Å². The molecule has 1 saturated carbocycles. The zero-order valence-corrected chi connectivity index (χ0v) is 13.7. The number of benzene rings is 1. The van der Waals surface area contributed by atoms with Gasteiger partial charge in [0.2, 0.25) is 0 Å². The Morgan fingerprint density at radius 3 is 2.50 bits per heavy atom. The number of aryl methyl sites for hydroxylation is 1. The summed E-state index contributed by atoms with van der Waals surface area (Å²) in [5, 5.41) is 4.69. The molecule has 1 N–H and O–H groups in total. The van der Waals surface area contributed by atoms with Gasteiger partial charge in [0, 0.05) is 11.1 Å². The van der Waals surface area contributed by atoms with Crippen molar-refractivity contribution in [3.8, 4) is 0 Å². The lowest BCUT2D eigenvalue weighted by molar-refractivity contribution is 0.326. The minimum Gasteiger partial charge on any atom is -0.310 e. The van der Waals surface area contributed by atoms with Gasteiger partial charge in [0.15, 0.2) is 0 Å². The molecule has 2 heteroatoms. The summed E-state index contributed by atoms with van der Waals surface area (Å²) in [7, 11) is 0. The number of hydrogen-bond acceptors (Lipinski definition) is 1. The van der Waals surface area contributed by atoms with Crippen LogP contribution in [-0.4, -0.2) is 6.54 Å². The minimum absolute atomic E-state index is 0.432. The van der Waals surface area contributed by atoms with E-state index in [1.807, 2.05) is 0 Å². The molecular weight excluding hydrogens is 266 g/mol. The Morgan fingerprint density at radius 2 is 1.90 bits per heavy atom. The molecule has 0 saturated heterocycles. The Labute approximate surface area is 129 Å². The van der Waals surface area contributed by atoms with E-state index >= 15 is 0 Å². The molecule has 0 spiro atoms. The van der Waals surface area contributed by atoms with Gasteiger partial charge in [-0.2, -0.15) is 0 Å². The molecule has 1 aliphatic rings. The third-order valence-electron chi connectivity index (χ3n) is 4.48. The van der Waals surface area contributed by atoms with Gasteiger partial charge in [-0.3, -0.25) is 0 Å². The maximum atomic E-state index is 6.52. The van der Waals surface area contributed by atoms with E-state index in [1.54, 1.807) is 0 Å². The molecule has 0 heterocycles. The first kappa shape index (κ1) is 15.9. The third-order valence-corrected chi connectivity index (χ3v) is 4.80. The van der Waals surface area contributed by atoms with Crippen molar-refractivity contribution in [1.82, 2.24) is 5.32 Å². The third kappa shape index (κ3) is 4.23. The smallest absolute Gasteiger partial charge is 0.0456 e. The fourth-order valence-corrected chi connectivity index (χ4v) is 3.71. The Morgan fingerprint density at radius 1 is 1.20 bits per heavy atom. The van der Waals surface area contributed by atoms with Gasteiger partial charge in [-0.25, -0.2) is 0 Å². The van der Waals surface area contributed by atoms with E-state index in [0.29, 0.717) is 6.04 Å².